The van der Waals surface area contributed by atoms with Gasteiger partial charge in [0.15, 0.2) is 5.69 Å². The molecule has 0 unspecified atom stereocenters. The SMILES string of the molecule is CCCCN1C(=O)c2cc(C(=O)Nc3c(C)cccc3C)nn2C[C@@]1(C)C(=O)NC1CCCC1. The van der Waals surface area contributed by atoms with E-state index in [1.807, 2.05) is 39.0 Å². The van der Waals surface area contributed by atoms with Gasteiger partial charge in [0.05, 0.1) is 6.54 Å². The number of carbonyl (C=O) groups is 3. The van der Waals surface area contributed by atoms with Gasteiger partial charge in [0.25, 0.3) is 11.8 Å². The van der Waals surface area contributed by atoms with Crippen LogP contribution < -0.4 is 10.6 Å². The first-order chi connectivity index (χ1) is 16.2. The number of nitrogens with zero attached hydrogens (tertiary/aromatic N) is 3. The molecule has 2 aromatic rings. The minimum atomic E-state index is -1.06. The van der Waals surface area contributed by atoms with E-state index in [2.05, 4.69) is 22.7 Å². The molecule has 182 valence electrons. The third kappa shape index (κ3) is 4.45. The molecule has 0 spiro atoms. The van der Waals surface area contributed by atoms with Crippen molar-refractivity contribution in [1.82, 2.24) is 20.0 Å². The minimum Gasteiger partial charge on any atom is -0.351 e. The molecular formula is C26H35N5O3. The Hall–Kier alpha value is -3.16. The number of nitrogens with one attached hydrogen (secondary N) is 2. The molecule has 2 heterocycles. The van der Waals surface area contributed by atoms with Crippen molar-refractivity contribution in [3.8, 4) is 0 Å². The topological polar surface area (TPSA) is 96.3 Å². The predicted octanol–water partition coefficient (Wildman–Crippen LogP) is 3.83. The summed E-state index contributed by atoms with van der Waals surface area (Å²) < 4.78 is 1.53. The summed E-state index contributed by atoms with van der Waals surface area (Å²) in [4.78, 5) is 41.7. The molecule has 2 aliphatic rings. The maximum Gasteiger partial charge on any atom is 0.276 e. The molecule has 1 aromatic heterocycles. The monoisotopic (exact) mass is 465 g/mol. The van der Waals surface area contributed by atoms with E-state index in [4.69, 9.17) is 0 Å². The number of fused-ring (bicyclic) bond motifs is 1. The number of benzene rings is 1. The van der Waals surface area contributed by atoms with Gasteiger partial charge in [-0.1, -0.05) is 44.4 Å². The molecule has 0 saturated heterocycles. The lowest BCUT2D eigenvalue weighted by molar-refractivity contribution is -0.133. The van der Waals surface area contributed by atoms with E-state index in [1.165, 1.54) is 4.68 Å². The summed E-state index contributed by atoms with van der Waals surface area (Å²) in [5.41, 5.74) is 2.10. The number of amides is 3. The Morgan fingerprint density at radius 1 is 1.18 bits per heavy atom. The third-order valence-electron chi connectivity index (χ3n) is 7.16. The number of unbranched alkanes of at least 4 members (excludes halogenated alkanes) is 1. The fraction of sp³-hybridized carbons (Fsp3) is 0.538. The van der Waals surface area contributed by atoms with Crippen LogP contribution in [-0.4, -0.2) is 50.5 Å². The van der Waals surface area contributed by atoms with Crippen LogP contribution in [0, 0.1) is 13.8 Å². The zero-order chi connectivity index (χ0) is 24.5. The zero-order valence-electron chi connectivity index (χ0n) is 20.6. The average molecular weight is 466 g/mol. The Morgan fingerprint density at radius 3 is 2.50 bits per heavy atom. The maximum atomic E-state index is 13.5. The molecule has 2 N–H and O–H groups in total. The van der Waals surface area contributed by atoms with E-state index in [9.17, 15) is 14.4 Å². The van der Waals surface area contributed by atoms with Crippen molar-refractivity contribution in [3.63, 3.8) is 0 Å². The number of para-hydroxylation sites is 1. The molecule has 1 aliphatic carbocycles. The van der Waals surface area contributed by atoms with Crippen LogP contribution in [0.15, 0.2) is 24.3 Å². The van der Waals surface area contributed by atoms with Crippen molar-refractivity contribution in [2.75, 3.05) is 11.9 Å². The standard InChI is InChI=1S/C26H35N5O3/c1-5-6-14-30-24(33)21-15-20(23(32)28-22-17(2)10-9-11-18(22)3)29-31(21)16-26(30,4)25(34)27-19-12-7-8-13-19/h9-11,15,19H,5-8,12-14,16H2,1-4H3,(H,27,34)(H,28,32)/t26-/m0/s1. The highest BCUT2D eigenvalue weighted by molar-refractivity contribution is 6.06. The van der Waals surface area contributed by atoms with Crippen LogP contribution in [0.1, 0.15) is 84.5 Å². The molecule has 1 aliphatic heterocycles. The second-order valence-electron chi connectivity index (χ2n) is 9.83. The van der Waals surface area contributed by atoms with Crippen LogP contribution in [-0.2, 0) is 11.3 Å². The smallest absolute Gasteiger partial charge is 0.276 e. The second kappa shape index (κ2) is 9.60. The molecule has 1 atom stereocenters. The summed E-state index contributed by atoms with van der Waals surface area (Å²) in [6, 6.07) is 7.51. The fourth-order valence-electron chi connectivity index (χ4n) is 5.02. The number of rotatable bonds is 7. The first kappa shape index (κ1) is 24.0. The fourth-order valence-corrected chi connectivity index (χ4v) is 5.02. The highest BCUT2D eigenvalue weighted by Crippen LogP contribution is 2.30. The van der Waals surface area contributed by atoms with Crippen LogP contribution in [0.4, 0.5) is 5.69 Å². The lowest BCUT2D eigenvalue weighted by Gasteiger charge is -2.43. The Balaban J connectivity index is 1.62. The lowest BCUT2D eigenvalue weighted by Crippen LogP contribution is -2.65. The Bertz CT molecular complexity index is 1080. The van der Waals surface area contributed by atoms with Gasteiger partial charge in [-0.25, -0.2) is 0 Å². The zero-order valence-corrected chi connectivity index (χ0v) is 20.6. The van der Waals surface area contributed by atoms with E-state index >= 15 is 0 Å². The van der Waals surface area contributed by atoms with Gasteiger partial charge in [-0.15, -0.1) is 0 Å². The number of aryl methyl sites for hydroxylation is 2. The average Bonchev–Trinajstić information content (AvgIpc) is 3.46. The molecule has 4 rings (SSSR count). The molecule has 0 radical (unpaired) electrons. The van der Waals surface area contributed by atoms with E-state index in [-0.39, 0.29) is 36.0 Å². The van der Waals surface area contributed by atoms with Crippen molar-refractivity contribution in [3.05, 3.63) is 46.8 Å². The van der Waals surface area contributed by atoms with Gasteiger partial charge in [0, 0.05) is 24.3 Å². The Kier molecular flexibility index (Phi) is 6.77. The van der Waals surface area contributed by atoms with Gasteiger partial charge < -0.3 is 15.5 Å². The van der Waals surface area contributed by atoms with Gasteiger partial charge in [-0.2, -0.15) is 5.10 Å². The van der Waals surface area contributed by atoms with E-state index in [1.54, 1.807) is 11.0 Å². The minimum absolute atomic E-state index is 0.147. The van der Waals surface area contributed by atoms with Crippen molar-refractivity contribution in [2.45, 2.75) is 84.3 Å². The molecule has 1 aromatic carbocycles. The first-order valence-corrected chi connectivity index (χ1v) is 12.3. The Labute approximate surface area is 201 Å². The number of hydrogen-bond acceptors (Lipinski definition) is 4. The molecule has 0 bridgehead atoms. The van der Waals surface area contributed by atoms with Crippen LogP contribution in [0.2, 0.25) is 0 Å². The van der Waals surface area contributed by atoms with E-state index < -0.39 is 5.54 Å². The molecule has 34 heavy (non-hydrogen) atoms. The summed E-state index contributed by atoms with van der Waals surface area (Å²) in [5, 5.41) is 10.6. The van der Waals surface area contributed by atoms with Crippen LogP contribution in [0.3, 0.4) is 0 Å². The van der Waals surface area contributed by atoms with Gasteiger partial charge in [-0.05, 0) is 51.2 Å². The van der Waals surface area contributed by atoms with Gasteiger partial charge in [-0.3, -0.25) is 19.1 Å². The molecule has 1 fully saturated rings. The summed E-state index contributed by atoms with van der Waals surface area (Å²) in [7, 11) is 0. The normalized spacial score (nSPS) is 20.4. The summed E-state index contributed by atoms with van der Waals surface area (Å²) in [6.45, 7) is 8.44. The molecule has 8 heteroatoms. The third-order valence-corrected chi connectivity index (χ3v) is 7.16. The van der Waals surface area contributed by atoms with Crippen molar-refractivity contribution in [2.24, 2.45) is 0 Å². The van der Waals surface area contributed by atoms with Crippen molar-refractivity contribution >= 4 is 23.4 Å². The molecule has 1 saturated carbocycles. The van der Waals surface area contributed by atoms with Crippen molar-refractivity contribution in [1.29, 1.82) is 0 Å². The van der Waals surface area contributed by atoms with E-state index in [0.717, 1.165) is 55.3 Å². The number of anilines is 1. The first-order valence-electron chi connectivity index (χ1n) is 12.3. The number of carbonyl (C=O) groups excluding carboxylic acids is 3. The highest BCUT2D eigenvalue weighted by Gasteiger charge is 2.48. The number of hydrogen-bond donors (Lipinski definition) is 2. The molecular weight excluding hydrogens is 430 g/mol. The molecule has 3 amide bonds. The highest BCUT2D eigenvalue weighted by atomic mass is 16.2. The summed E-state index contributed by atoms with van der Waals surface area (Å²) >= 11 is 0. The lowest BCUT2D eigenvalue weighted by atomic mass is 9.94. The van der Waals surface area contributed by atoms with E-state index in [0.29, 0.717) is 12.2 Å². The number of aromatic nitrogens is 2. The van der Waals surface area contributed by atoms with Crippen LogP contribution in [0.25, 0.3) is 0 Å². The Morgan fingerprint density at radius 2 is 1.85 bits per heavy atom. The van der Waals surface area contributed by atoms with Gasteiger partial charge >= 0.3 is 0 Å². The van der Waals surface area contributed by atoms with Crippen LogP contribution >= 0.6 is 0 Å². The maximum absolute atomic E-state index is 13.5. The van der Waals surface area contributed by atoms with Gasteiger partial charge in [0.1, 0.15) is 11.2 Å². The quantitative estimate of drug-likeness (QED) is 0.650. The van der Waals surface area contributed by atoms with Gasteiger partial charge in [0.2, 0.25) is 5.91 Å². The second-order valence-corrected chi connectivity index (χ2v) is 9.83. The summed E-state index contributed by atoms with van der Waals surface area (Å²) in [6.07, 6.45) is 5.88. The largest absolute Gasteiger partial charge is 0.351 e. The summed E-state index contributed by atoms with van der Waals surface area (Å²) in [5.74, 6) is -0.779. The predicted molar refractivity (Wildman–Crippen MR) is 131 cm³/mol. The molecule has 8 nitrogen and oxygen atoms in total. The van der Waals surface area contributed by atoms with Crippen LogP contribution in [0.5, 0.6) is 0 Å². The van der Waals surface area contributed by atoms with Crippen molar-refractivity contribution < 1.29 is 14.4 Å².